The first kappa shape index (κ1) is 16.6. The van der Waals surface area contributed by atoms with E-state index in [0.29, 0.717) is 21.3 Å². The van der Waals surface area contributed by atoms with Crippen LogP contribution >= 0.6 is 11.3 Å². The Morgan fingerprint density at radius 3 is 2.75 bits per heavy atom. The Labute approximate surface area is 144 Å². The van der Waals surface area contributed by atoms with Crippen LogP contribution in [0.25, 0.3) is 10.7 Å². The van der Waals surface area contributed by atoms with Gasteiger partial charge in [0, 0.05) is 19.3 Å². The number of aryl methyl sites for hydroxylation is 1. The van der Waals surface area contributed by atoms with E-state index in [0.717, 1.165) is 32.4 Å². The van der Waals surface area contributed by atoms with Gasteiger partial charge in [0.1, 0.15) is 9.88 Å². The molecule has 2 aromatic rings. The number of thiazole rings is 1. The molecule has 0 atom stereocenters. The summed E-state index contributed by atoms with van der Waals surface area (Å²) in [6.45, 7) is 3.04. The van der Waals surface area contributed by atoms with E-state index >= 15 is 0 Å². The van der Waals surface area contributed by atoms with Gasteiger partial charge in [-0.1, -0.05) is 6.07 Å². The highest BCUT2D eigenvalue weighted by atomic mass is 32.1. The average Bonchev–Trinajstić information content (AvgIpc) is 3.03. The Balaban J connectivity index is 1.63. The number of esters is 1. The number of likely N-dealkylation sites (tertiary alicyclic amines) is 1. The maximum Gasteiger partial charge on any atom is 0.350 e. The number of nitrogens with zero attached hydrogens (tertiary/aromatic N) is 3. The van der Waals surface area contributed by atoms with Crippen LogP contribution in [0, 0.1) is 6.92 Å². The topological polar surface area (TPSA) is 72.4 Å². The molecule has 6 nitrogen and oxygen atoms in total. The van der Waals surface area contributed by atoms with Gasteiger partial charge in [-0.2, -0.15) is 0 Å². The molecule has 0 saturated carbocycles. The van der Waals surface area contributed by atoms with Gasteiger partial charge >= 0.3 is 5.97 Å². The zero-order valence-electron chi connectivity index (χ0n) is 13.5. The molecule has 7 heteroatoms. The van der Waals surface area contributed by atoms with Crippen molar-refractivity contribution >= 4 is 23.2 Å². The second-order valence-electron chi connectivity index (χ2n) is 5.67. The van der Waals surface area contributed by atoms with Crippen molar-refractivity contribution in [2.24, 2.45) is 0 Å². The molecule has 1 aliphatic rings. The molecule has 2 aromatic heterocycles. The molecule has 126 valence electrons. The number of pyridine rings is 1. The van der Waals surface area contributed by atoms with Gasteiger partial charge in [0.2, 0.25) is 0 Å². The van der Waals surface area contributed by atoms with Gasteiger partial charge in [-0.3, -0.25) is 9.78 Å². The summed E-state index contributed by atoms with van der Waals surface area (Å²) in [6.07, 6.45) is 4.86. The third-order valence-corrected chi connectivity index (χ3v) is 5.06. The SMILES string of the molecule is Cc1nc(-c2ccccn2)sc1C(=O)OCC(=O)N1CCCCC1. The molecule has 0 bridgehead atoms. The molecule has 3 heterocycles. The van der Waals surface area contributed by atoms with Crippen molar-refractivity contribution in [2.75, 3.05) is 19.7 Å². The van der Waals surface area contributed by atoms with Crippen LogP contribution in [0.2, 0.25) is 0 Å². The fourth-order valence-corrected chi connectivity index (χ4v) is 3.55. The molecule has 0 spiro atoms. The molecule has 24 heavy (non-hydrogen) atoms. The van der Waals surface area contributed by atoms with Gasteiger partial charge < -0.3 is 9.64 Å². The monoisotopic (exact) mass is 345 g/mol. The highest BCUT2D eigenvalue weighted by Crippen LogP contribution is 2.26. The fraction of sp³-hybridized carbons (Fsp3) is 0.412. The van der Waals surface area contributed by atoms with E-state index in [1.54, 1.807) is 18.0 Å². The predicted octanol–water partition coefficient (Wildman–Crippen LogP) is 2.68. The van der Waals surface area contributed by atoms with Gasteiger partial charge in [0.25, 0.3) is 5.91 Å². The number of aromatic nitrogens is 2. The van der Waals surface area contributed by atoms with Crippen LogP contribution in [0.15, 0.2) is 24.4 Å². The molecule has 0 N–H and O–H groups in total. The molecule has 3 rings (SSSR count). The molecular weight excluding hydrogens is 326 g/mol. The van der Waals surface area contributed by atoms with Gasteiger partial charge in [-0.25, -0.2) is 9.78 Å². The molecule has 1 saturated heterocycles. The van der Waals surface area contributed by atoms with Gasteiger partial charge in [0.05, 0.1) is 11.4 Å². The van der Waals surface area contributed by atoms with E-state index in [1.165, 1.54) is 11.3 Å². The zero-order valence-corrected chi connectivity index (χ0v) is 14.3. The Hall–Kier alpha value is -2.28. The van der Waals surface area contributed by atoms with Gasteiger partial charge in [0.15, 0.2) is 6.61 Å². The number of ether oxygens (including phenoxy) is 1. The zero-order chi connectivity index (χ0) is 16.9. The van der Waals surface area contributed by atoms with Crippen molar-refractivity contribution in [3.05, 3.63) is 35.0 Å². The molecule has 0 unspecified atom stereocenters. The number of rotatable bonds is 4. The third-order valence-electron chi connectivity index (χ3n) is 3.90. The summed E-state index contributed by atoms with van der Waals surface area (Å²) in [4.78, 5) is 35.1. The van der Waals surface area contributed by atoms with Crippen LogP contribution in [0.1, 0.15) is 34.6 Å². The van der Waals surface area contributed by atoms with Gasteiger partial charge in [-0.05, 0) is 38.3 Å². The van der Waals surface area contributed by atoms with Crippen molar-refractivity contribution < 1.29 is 14.3 Å². The normalized spacial score (nSPS) is 14.5. The molecule has 0 aromatic carbocycles. The van der Waals surface area contributed by atoms with Gasteiger partial charge in [-0.15, -0.1) is 11.3 Å². The largest absolute Gasteiger partial charge is 0.451 e. The minimum Gasteiger partial charge on any atom is -0.451 e. The van der Waals surface area contributed by atoms with E-state index in [9.17, 15) is 9.59 Å². The first-order valence-corrected chi connectivity index (χ1v) is 8.80. The van der Waals surface area contributed by atoms with E-state index in [1.807, 2.05) is 18.2 Å². The summed E-state index contributed by atoms with van der Waals surface area (Å²) < 4.78 is 5.19. The minimum absolute atomic E-state index is 0.129. The molecule has 1 amide bonds. The molecule has 0 radical (unpaired) electrons. The van der Waals surface area contributed by atoms with Crippen molar-refractivity contribution in [3.8, 4) is 10.7 Å². The number of piperidine rings is 1. The second-order valence-corrected chi connectivity index (χ2v) is 6.67. The third kappa shape index (κ3) is 3.79. The summed E-state index contributed by atoms with van der Waals surface area (Å²) in [5.41, 5.74) is 1.31. The van der Waals surface area contributed by atoms with Crippen molar-refractivity contribution in [1.82, 2.24) is 14.9 Å². The second kappa shape index (κ2) is 7.53. The summed E-state index contributed by atoms with van der Waals surface area (Å²) >= 11 is 1.23. The summed E-state index contributed by atoms with van der Waals surface area (Å²) in [6, 6.07) is 5.53. The molecule has 1 aliphatic heterocycles. The number of carbonyl (C=O) groups excluding carboxylic acids is 2. The van der Waals surface area contributed by atoms with E-state index in [4.69, 9.17) is 4.74 Å². The van der Waals surface area contributed by atoms with E-state index < -0.39 is 5.97 Å². The number of hydrogen-bond acceptors (Lipinski definition) is 6. The summed E-state index contributed by atoms with van der Waals surface area (Å²) in [5.74, 6) is -0.632. The predicted molar refractivity (Wildman–Crippen MR) is 90.8 cm³/mol. The summed E-state index contributed by atoms with van der Waals surface area (Å²) in [7, 11) is 0. The van der Waals surface area contributed by atoms with Crippen molar-refractivity contribution in [2.45, 2.75) is 26.2 Å². The van der Waals surface area contributed by atoms with Crippen LogP contribution in [0.5, 0.6) is 0 Å². The van der Waals surface area contributed by atoms with Crippen molar-refractivity contribution in [1.29, 1.82) is 0 Å². The maximum absolute atomic E-state index is 12.3. The highest BCUT2D eigenvalue weighted by molar-refractivity contribution is 7.17. The Morgan fingerprint density at radius 1 is 1.25 bits per heavy atom. The van der Waals surface area contributed by atoms with Crippen LogP contribution in [0.4, 0.5) is 0 Å². The highest BCUT2D eigenvalue weighted by Gasteiger charge is 2.21. The van der Waals surface area contributed by atoms with Crippen LogP contribution in [-0.2, 0) is 9.53 Å². The molecular formula is C17H19N3O3S. The first-order chi connectivity index (χ1) is 11.6. The first-order valence-electron chi connectivity index (χ1n) is 7.99. The smallest absolute Gasteiger partial charge is 0.350 e. The average molecular weight is 345 g/mol. The van der Waals surface area contributed by atoms with Crippen LogP contribution in [0.3, 0.4) is 0 Å². The lowest BCUT2D eigenvalue weighted by Gasteiger charge is -2.26. The van der Waals surface area contributed by atoms with E-state index in [2.05, 4.69) is 9.97 Å². The van der Waals surface area contributed by atoms with Crippen LogP contribution in [-0.4, -0.2) is 46.4 Å². The summed E-state index contributed by atoms with van der Waals surface area (Å²) in [5, 5.41) is 0.669. The fourth-order valence-electron chi connectivity index (χ4n) is 2.61. The maximum atomic E-state index is 12.3. The number of carbonyl (C=O) groups is 2. The van der Waals surface area contributed by atoms with Crippen molar-refractivity contribution in [3.63, 3.8) is 0 Å². The minimum atomic E-state index is -0.502. The molecule has 1 fully saturated rings. The quantitative estimate of drug-likeness (QED) is 0.797. The number of hydrogen-bond donors (Lipinski definition) is 0. The lowest BCUT2D eigenvalue weighted by molar-refractivity contribution is -0.135. The Bertz CT molecular complexity index is 724. The lowest BCUT2D eigenvalue weighted by Crippen LogP contribution is -2.38. The molecule has 0 aliphatic carbocycles. The van der Waals surface area contributed by atoms with E-state index in [-0.39, 0.29) is 12.5 Å². The standard InChI is InChI=1S/C17H19N3O3S/c1-12-15(24-16(19-12)13-7-3-4-8-18-13)17(22)23-11-14(21)20-9-5-2-6-10-20/h3-4,7-8H,2,5-6,9-11H2,1H3. The Kier molecular flexibility index (Phi) is 5.20. The number of amides is 1. The Morgan fingerprint density at radius 2 is 2.04 bits per heavy atom. The lowest BCUT2D eigenvalue weighted by atomic mass is 10.1. The van der Waals surface area contributed by atoms with Crippen LogP contribution < -0.4 is 0 Å².